The van der Waals surface area contributed by atoms with Crippen molar-refractivity contribution in [3.63, 3.8) is 0 Å². The highest BCUT2D eigenvalue weighted by atomic mass is 16.3. The molecule has 65 heavy (non-hydrogen) atoms. The molecular weight excluding hydrogens is 789 g/mol. The molecule has 0 saturated heterocycles. The van der Waals surface area contributed by atoms with Gasteiger partial charge in [-0.25, -0.2) is 0 Å². The van der Waals surface area contributed by atoms with Crippen LogP contribution in [0.25, 0.3) is 76.9 Å². The van der Waals surface area contributed by atoms with Crippen LogP contribution in [0.5, 0.6) is 0 Å². The van der Waals surface area contributed by atoms with Crippen LogP contribution in [0.4, 0.5) is 0 Å². The summed E-state index contributed by atoms with van der Waals surface area (Å²) in [6.07, 6.45) is 0. The molecule has 1 unspecified atom stereocenters. The number of fused-ring (bicyclic) bond motifs is 14. The Bertz CT molecular complexity index is 3890. The Labute approximate surface area is 377 Å². The molecule has 1 atom stereocenters. The molecular formula is C63H42O2. The zero-order valence-corrected chi connectivity index (χ0v) is 36.1. The molecule has 0 aliphatic heterocycles. The Kier molecular flexibility index (Phi) is 7.47. The largest absolute Gasteiger partial charge is 0.456 e. The summed E-state index contributed by atoms with van der Waals surface area (Å²) in [4.78, 5) is 0. The second kappa shape index (κ2) is 13.3. The number of para-hydroxylation sites is 2. The average molecular weight is 831 g/mol. The van der Waals surface area contributed by atoms with Crippen molar-refractivity contribution in [3.8, 4) is 22.3 Å². The van der Waals surface area contributed by atoms with Crippen molar-refractivity contribution < 1.29 is 8.83 Å². The first-order valence-corrected chi connectivity index (χ1v) is 22.8. The molecule has 2 aromatic heterocycles. The summed E-state index contributed by atoms with van der Waals surface area (Å²) in [7, 11) is 0. The number of hydrogen-bond donors (Lipinski definition) is 0. The third-order valence-electron chi connectivity index (χ3n) is 15.0. The van der Waals surface area contributed by atoms with Crippen molar-refractivity contribution in [1.29, 1.82) is 0 Å². The molecule has 10 aromatic carbocycles. The third kappa shape index (κ3) is 5.00. The van der Waals surface area contributed by atoms with Crippen molar-refractivity contribution in [3.05, 3.63) is 262 Å². The molecule has 2 aliphatic rings. The Morgan fingerprint density at radius 2 is 0.908 bits per heavy atom. The molecule has 0 saturated carbocycles. The van der Waals surface area contributed by atoms with E-state index in [2.05, 4.69) is 220 Å². The van der Waals surface area contributed by atoms with Crippen LogP contribution < -0.4 is 0 Å². The van der Waals surface area contributed by atoms with Gasteiger partial charge in [0.2, 0.25) is 0 Å². The van der Waals surface area contributed by atoms with Gasteiger partial charge >= 0.3 is 0 Å². The van der Waals surface area contributed by atoms with E-state index in [4.69, 9.17) is 8.83 Å². The SMILES string of the molecule is CC1(C)c2cc(C(c3ccc4ccc(C5(c6ccccc6)c6ccccc6-c6ccccc65)cc4c3)c3ccc4c(c3)oc3ccccc34)ccc2-c2ccc3c(oc4ccccc43)c21. The summed E-state index contributed by atoms with van der Waals surface area (Å²) < 4.78 is 13.3. The first-order chi connectivity index (χ1) is 32.0. The molecule has 2 nitrogen and oxygen atoms in total. The van der Waals surface area contributed by atoms with Crippen LogP contribution >= 0.6 is 0 Å². The van der Waals surface area contributed by atoms with Gasteiger partial charge in [-0.1, -0.05) is 196 Å². The fourth-order valence-electron chi connectivity index (χ4n) is 12.2. The third-order valence-corrected chi connectivity index (χ3v) is 15.0. The van der Waals surface area contributed by atoms with E-state index in [1.165, 1.54) is 88.5 Å². The second-order valence-corrected chi connectivity index (χ2v) is 18.7. The van der Waals surface area contributed by atoms with Gasteiger partial charge in [-0.15, -0.1) is 0 Å². The zero-order valence-electron chi connectivity index (χ0n) is 36.1. The Balaban J connectivity index is 0.977. The number of hydrogen-bond acceptors (Lipinski definition) is 2. The van der Waals surface area contributed by atoms with Gasteiger partial charge in [0, 0.05) is 38.4 Å². The maximum atomic E-state index is 6.70. The first kappa shape index (κ1) is 36.5. The smallest absolute Gasteiger partial charge is 0.140 e. The van der Waals surface area contributed by atoms with E-state index in [-0.39, 0.29) is 11.3 Å². The molecule has 0 N–H and O–H groups in total. The molecule has 2 heteroatoms. The lowest BCUT2D eigenvalue weighted by Gasteiger charge is -2.34. The number of benzene rings is 10. The van der Waals surface area contributed by atoms with Crippen molar-refractivity contribution in [2.45, 2.75) is 30.6 Å². The monoisotopic (exact) mass is 830 g/mol. The highest BCUT2D eigenvalue weighted by molar-refractivity contribution is 6.09. The van der Waals surface area contributed by atoms with Gasteiger partial charge in [-0.05, 0) is 108 Å². The minimum absolute atomic E-state index is 0.0762. The molecule has 0 spiro atoms. The van der Waals surface area contributed by atoms with Gasteiger partial charge in [-0.3, -0.25) is 0 Å². The lowest BCUT2D eigenvalue weighted by atomic mass is 9.67. The van der Waals surface area contributed by atoms with E-state index in [9.17, 15) is 0 Å². The predicted molar refractivity (Wildman–Crippen MR) is 267 cm³/mol. The topological polar surface area (TPSA) is 26.3 Å². The lowest BCUT2D eigenvalue weighted by Crippen LogP contribution is -2.28. The van der Waals surface area contributed by atoms with Crippen molar-refractivity contribution in [2.24, 2.45) is 0 Å². The van der Waals surface area contributed by atoms with E-state index in [1.54, 1.807) is 0 Å². The van der Waals surface area contributed by atoms with Crippen molar-refractivity contribution in [1.82, 2.24) is 0 Å². The first-order valence-electron chi connectivity index (χ1n) is 22.8. The number of furan rings is 2. The van der Waals surface area contributed by atoms with E-state index in [1.807, 2.05) is 6.07 Å². The second-order valence-electron chi connectivity index (χ2n) is 18.7. The Hall–Kier alpha value is -7.94. The predicted octanol–water partition coefficient (Wildman–Crippen LogP) is 16.5. The van der Waals surface area contributed by atoms with Gasteiger partial charge in [0.25, 0.3) is 0 Å². The Morgan fingerprint density at radius 1 is 0.354 bits per heavy atom. The molecule has 12 aromatic rings. The minimum Gasteiger partial charge on any atom is -0.456 e. The van der Waals surface area contributed by atoms with Gasteiger partial charge in [0.1, 0.15) is 22.3 Å². The van der Waals surface area contributed by atoms with E-state index in [0.717, 1.165) is 38.5 Å². The van der Waals surface area contributed by atoms with Crippen molar-refractivity contribution in [2.75, 3.05) is 0 Å². The zero-order chi connectivity index (χ0) is 43.0. The number of rotatable bonds is 5. The van der Waals surface area contributed by atoms with E-state index >= 15 is 0 Å². The standard InChI is InChI=1S/C63H42O2/c1-62(2)55-36-40(27-30-47(55)51-32-33-52-49-19-9-13-23-57(49)65-61(52)60(51)62)59(41-28-31-50-48-18-8-12-22-56(48)64-58(50)37-41)39-25-24-38-26-29-44(35-42(38)34-39)63(43-14-4-3-5-15-43)53-20-10-6-16-45(53)46-17-7-11-21-54(46)63/h3-37,59H,1-2H3. The molecule has 14 rings (SSSR count). The van der Waals surface area contributed by atoms with E-state index in [0.29, 0.717) is 0 Å². The fraction of sp³-hybridized carbons (Fsp3) is 0.0794. The van der Waals surface area contributed by atoms with Crippen molar-refractivity contribution >= 4 is 54.6 Å². The fourth-order valence-corrected chi connectivity index (χ4v) is 12.2. The summed E-state index contributed by atoms with van der Waals surface area (Å²) in [5, 5.41) is 7.04. The van der Waals surface area contributed by atoms with Crippen LogP contribution in [-0.2, 0) is 10.8 Å². The van der Waals surface area contributed by atoms with Gasteiger partial charge in [0.05, 0.1) is 5.41 Å². The van der Waals surface area contributed by atoms with E-state index < -0.39 is 5.41 Å². The highest BCUT2D eigenvalue weighted by Gasteiger charge is 2.46. The van der Waals surface area contributed by atoms with Crippen LogP contribution in [0.15, 0.2) is 221 Å². The summed E-state index contributed by atoms with van der Waals surface area (Å²) in [6, 6.07) is 78.7. The van der Waals surface area contributed by atoms with Crippen LogP contribution in [-0.4, -0.2) is 0 Å². The van der Waals surface area contributed by atoms with Crippen LogP contribution in [0.1, 0.15) is 69.8 Å². The molecule has 0 radical (unpaired) electrons. The summed E-state index contributed by atoms with van der Waals surface area (Å²) in [5.41, 5.74) is 19.5. The minimum atomic E-state index is -0.476. The molecule has 0 fully saturated rings. The molecule has 0 bridgehead atoms. The van der Waals surface area contributed by atoms with Gasteiger partial charge in [-0.2, -0.15) is 0 Å². The summed E-state index contributed by atoms with van der Waals surface area (Å²) in [5.74, 6) is -0.0762. The summed E-state index contributed by atoms with van der Waals surface area (Å²) in [6.45, 7) is 4.73. The lowest BCUT2D eigenvalue weighted by molar-refractivity contribution is 0.619. The molecule has 2 heterocycles. The maximum Gasteiger partial charge on any atom is 0.140 e. The normalized spacial score (nSPS) is 14.8. The quantitative estimate of drug-likeness (QED) is 0.162. The molecule has 2 aliphatic carbocycles. The molecule has 306 valence electrons. The maximum absolute atomic E-state index is 6.70. The van der Waals surface area contributed by atoms with Crippen LogP contribution in [0.3, 0.4) is 0 Å². The van der Waals surface area contributed by atoms with Gasteiger partial charge in [0.15, 0.2) is 0 Å². The van der Waals surface area contributed by atoms with Crippen LogP contribution in [0.2, 0.25) is 0 Å². The molecule has 0 amide bonds. The van der Waals surface area contributed by atoms with Gasteiger partial charge < -0.3 is 8.83 Å². The highest BCUT2D eigenvalue weighted by Crippen LogP contribution is 2.57. The Morgan fingerprint density at radius 3 is 1.69 bits per heavy atom. The van der Waals surface area contributed by atoms with Crippen LogP contribution in [0, 0.1) is 0 Å². The summed E-state index contributed by atoms with van der Waals surface area (Å²) >= 11 is 0. The average Bonchev–Trinajstić information content (AvgIpc) is 4.07.